The Morgan fingerprint density at radius 3 is 2.69 bits per heavy atom. The molecule has 1 aromatic rings. The van der Waals surface area contributed by atoms with Gasteiger partial charge in [0.05, 0.1) is 0 Å². The molecule has 4 heteroatoms. The number of Topliss-reactive ketones (excluding diaryl/α,β-unsaturated/α-hetero) is 1. The van der Waals surface area contributed by atoms with Crippen molar-refractivity contribution in [3.63, 3.8) is 0 Å². The van der Waals surface area contributed by atoms with Gasteiger partial charge in [-0.25, -0.2) is 4.39 Å². The maximum atomic E-state index is 12.8. The van der Waals surface area contributed by atoms with Crippen molar-refractivity contribution in [1.29, 1.82) is 0 Å². The van der Waals surface area contributed by atoms with Gasteiger partial charge < -0.3 is 5.73 Å². The highest BCUT2D eigenvalue weighted by atomic mass is 35.5. The lowest BCUT2D eigenvalue weighted by Crippen LogP contribution is -2.08. The first kappa shape index (κ1) is 10.2. The van der Waals surface area contributed by atoms with Gasteiger partial charge in [0.2, 0.25) is 0 Å². The van der Waals surface area contributed by atoms with E-state index in [4.69, 9.17) is 17.3 Å². The van der Waals surface area contributed by atoms with Gasteiger partial charge in [-0.1, -0.05) is 11.6 Å². The van der Waals surface area contributed by atoms with Crippen molar-refractivity contribution < 1.29 is 9.18 Å². The van der Waals surface area contributed by atoms with Crippen LogP contribution in [0, 0.1) is 5.82 Å². The van der Waals surface area contributed by atoms with E-state index in [1.165, 1.54) is 6.07 Å². The van der Waals surface area contributed by atoms with Crippen LogP contribution < -0.4 is 5.73 Å². The van der Waals surface area contributed by atoms with Crippen molar-refractivity contribution in [3.05, 3.63) is 34.6 Å². The third kappa shape index (κ3) is 2.79. The molecule has 2 N–H and O–H groups in total. The lowest BCUT2D eigenvalue weighted by atomic mass is 10.1. The highest BCUT2D eigenvalue weighted by Crippen LogP contribution is 2.15. The minimum atomic E-state index is -0.507. The smallest absolute Gasteiger partial charge is 0.164 e. The van der Waals surface area contributed by atoms with Crippen LogP contribution in [0.5, 0.6) is 0 Å². The molecule has 0 atom stereocenters. The zero-order valence-corrected chi connectivity index (χ0v) is 7.64. The van der Waals surface area contributed by atoms with Crippen LogP contribution in [0.2, 0.25) is 5.02 Å². The van der Waals surface area contributed by atoms with Crippen LogP contribution in [0.25, 0.3) is 0 Å². The molecule has 0 aliphatic heterocycles. The quantitative estimate of drug-likeness (QED) is 0.761. The molecule has 0 aliphatic carbocycles. The summed E-state index contributed by atoms with van der Waals surface area (Å²) < 4.78 is 12.8. The van der Waals surface area contributed by atoms with Crippen LogP contribution >= 0.6 is 11.6 Å². The molecule has 2 nitrogen and oxygen atoms in total. The molecule has 13 heavy (non-hydrogen) atoms. The van der Waals surface area contributed by atoms with Gasteiger partial charge in [-0.2, -0.15) is 0 Å². The highest BCUT2D eigenvalue weighted by Gasteiger charge is 2.06. The Hall–Kier alpha value is -0.930. The molecule has 0 heterocycles. The van der Waals surface area contributed by atoms with Gasteiger partial charge in [-0.15, -0.1) is 0 Å². The summed E-state index contributed by atoms with van der Waals surface area (Å²) in [6.45, 7) is 0.257. The maximum Gasteiger partial charge on any atom is 0.164 e. The normalized spacial score (nSPS) is 10.1. The summed E-state index contributed by atoms with van der Waals surface area (Å²) in [5.41, 5.74) is 5.47. The van der Waals surface area contributed by atoms with Gasteiger partial charge in [0.25, 0.3) is 0 Å². The monoisotopic (exact) mass is 201 g/mol. The summed E-state index contributed by atoms with van der Waals surface area (Å²) in [7, 11) is 0. The van der Waals surface area contributed by atoms with E-state index in [1.54, 1.807) is 0 Å². The van der Waals surface area contributed by atoms with E-state index >= 15 is 0 Å². The fourth-order valence-electron chi connectivity index (χ4n) is 0.990. The fourth-order valence-corrected chi connectivity index (χ4v) is 1.21. The molecular formula is C9H9ClFNO. The molecule has 1 aromatic carbocycles. The summed E-state index contributed by atoms with van der Waals surface area (Å²) in [4.78, 5) is 11.2. The molecule has 0 aliphatic rings. The van der Waals surface area contributed by atoms with E-state index in [2.05, 4.69) is 0 Å². The lowest BCUT2D eigenvalue weighted by molar-refractivity contribution is 0.0985. The van der Waals surface area contributed by atoms with Gasteiger partial charge in [0, 0.05) is 17.0 Å². The second kappa shape index (κ2) is 4.35. The van der Waals surface area contributed by atoms with Crippen LogP contribution in [0.3, 0.4) is 0 Å². The Labute approximate surface area is 80.5 Å². The van der Waals surface area contributed by atoms with Crippen molar-refractivity contribution in [2.24, 2.45) is 5.73 Å². The molecule has 0 bridgehead atoms. The Morgan fingerprint density at radius 1 is 1.46 bits per heavy atom. The number of ketones is 1. The third-order valence-electron chi connectivity index (χ3n) is 1.56. The molecule has 0 aromatic heterocycles. The SMILES string of the molecule is NCCC(=O)c1cc(F)cc(Cl)c1. The first-order chi connectivity index (χ1) is 6.13. The summed E-state index contributed by atoms with van der Waals surface area (Å²) in [5, 5.41) is 0.223. The molecule has 0 unspecified atom stereocenters. The molecule has 70 valence electrons. The predicted molar refractivity (Wildman–Crippen MR) is 49.4 cm³/mol. The number of nitrogens with two attached hydrogens (primary N) is 1. The highest BCUT2D eigenvalue weighted by molar-refractivity contribution is 6.31. The zero-order valence-electron chi connectivity index (χ0n) is 6.89. The number of halogens is 2. The molecule has 0 saturated carbocycles. The number of carbonyl (C=O) groups excluding carboxylic acids is 1. The molecule has 1 rings (SSSR count). The summed E-state index contributed by atoms with van der Waals surface area (Å²) in [6, 6.07) is 3.74. The van der Waals surface area contributed by atoms with E-state index in [0.717, 1.165) is 12.1 Å². The first-order valence-corrected chi connectivity index (χ1v) is 4.20. The van der Waals surface area contributed by atoms with E-state index < -0.39 is 5.82 Å². The predicted octanol–water partition coefficient (Wildman–Crippen LogP) is 2.01. The molecule has 0 radical (unpaired) electrons. The van der Waals surface area contributed by atoms with E-state index in [1.807, 2.05) is 0 Å². The Bertz CT molecular complexity index is 307. The van der Waals surface area contributed by atoms with Crippen molar-refractivity contribution in [2.45, 2.75) is 6.42 Å². The molecule has 0 amide bonds. The van der Waals surface area contributed by atoms with Gasteiger partial charge in [0.15, 0.2) is 5.78 Å². The molecular weight excluding hydrogens is 193 g/mol. The van der Waals surface area contributed by atoms with Crippen molar-refractivity contribution in [3.8, 4) is 0 Å². The Balaban J connectivity index is 2.94. The fraction of sp³-hybridized carbons (Fsp3) is 0.222. The number of hydrogen-bond acceptors (Lipinski definition) is 2. The van der Waals surface area contributed by atoms with Crippen LogP contribution in [-0.2, 0) is 0 Å². The topological polar surface area (TPSA) is 43.1 Å². The van der Waals surface area contributed by atoms with Gasteiger partial charge in [0.1, 0.15) is 5.82 Å². The minimum Gasteiger partial charge on any atom is -0.330 e. The van der Waals surface area contributed by atoms with Crippen LogP contribution in [-0.4, -0.2) is 12.3 Å². The van der Waals surface area contributed by atoms with Gasteiger partial charge in [-0.05, 0) is 24.7 Å². The van der Waals surface area contributed by atoms with E-state index in [9.17, 15) is 9.18 Å². The van der Waals surface area contributed by atoms with Crippen LogP contribution in [0.1, 0.15) is 16.8 Å². The summed E-state index contributed by atoms with van der Waals surface area (Å²) in [6.07, 6.45) is 0.208. The average Bonchev–Trinajstić information content (AvgIpc) is 2.03. The standard InChI is InChI=1S/C9H9ClFNO/c10-7-3-6(4-8(11)5-7)9(13)1-2-12/h3-5H,1-2,12H2. The second-order valence-corrected chi connectivity index (χ2v) is 3.06. The minimum absolute atomic E-state index is 0.191. The van der Waals surface area contributed by atoms with E-state index in [0.29, 0.717) is 0 Å². The molecule has 0 spiro atoms. The Kier molecular flexibility index (Phi) is 3.39. The lowest BCUT2D eigenvalue weighted by Gasteiger charge is -1.99. The van der Waals surface area contributed by atoms with Gasteiger partial charge >= 0.3 is 0 Å². The first-order valence-electron chi connectivity index (χ1n) is 3.83. The van der Waals surface area contributed by atoms with Gasteiger partial charge in [-0.3, -0.25) is 4.79 Å². The number of hydrogen-bond donors (Lipinski definition) is 1. The maximum absolute atomic E-state index is 12.8. The third-order valence-corrected chi connectivity index (χ3v) is 1.77. The summed E-state index contributed by atoms with van der Waals surface area (Å²) in [5.74, 6) is -0.697. The van der Waals surface area contributed by atoms with Crippen LogP contribution in [0.15, 0.2) is 18.2 Å². The molecule has 0 saturated heterocycles. The van der Waals surface area contributed by atoms with Crippen molar-refractivity contribution in [1.82, 2.24) is 0 Å². The number of benzene rings is 1. The largest absolute Gasteiger partial charge is 0.330 e. The zero-order chi connectivity index (χ0) is 9.84. The average molecular weight is 202 g/mol. The van der Waals surface area contributed by atoms with E-state index in [-0.39, 0.29) is 29.3 Å². The number of rotatable bonds is 3. The van der Waals surface area contributed by atoms with Crippen molar-refractivity contribution >= 4 is 17.4 Å². The van der Waals surface area contributed by atoms with Crippen molar-refractivity contribution in [2.75, 3.05) is 6.54 Å². The second-order valence-electron chi connectivity index (χ2n) is 2.62. The summed E-state index contributed by atoms with van der Waals surface area (Å²) >= 11 is 5.57. The van der Waals surface area contributed by atoms with Crippen LogP contribution in [0.4, 0.5) is 4.39 Å². The molecule has 0 fully saturated rings. The number of carbonyl (C=O) groups is 1. The Morgan fingerprint density at radius 2 is 2.15 bits per heavy atom.